The van der Waals surface area contributed by atoms with Gasteiger partial charge >= 0.3 is 0 Å². The summed E-state index contributed by atoms with van der Waals surface area (Å²) in [5.74, 6) is 1.25. The van der Waals surface area contributed by atoms with Crippen molar-refractivity contribution in [2.24, 2.45) is 0 Å². The molecule has 0 unspecified atom stereocenters. The molecule has 0 radical (unpaired) electrons. The van der Waals surface area contributed by atoms with E-state index in [1.165, 1.54) is 36.5 Å². The van der Waals surface area contributed by atoms with E-state index in [1.807, 2.05) is 11.8 Å². The minimum atomic E-state index is 1.16. The summed E-state index contributed by atoms with van der Waals surface area (Å²) in [4.78, 5) is 0. The van der Waals surface area contributed by atoms with Crippen LogP contribution in [0.25, 0.3) is 0 Å². The molecule has 2 heteroatoms. The van der Waals surface area contributed by atoms with Crippen molar-refractivity contribution >= 4 is 11.8 Å². The van der Waals surface area contributed by atoms with E-state index in [9.17, 15) is 0 Å². The van der Waals surface area contributed by atoms with Crippen molar-refractivity contribution in [1.29, 1.82) is 0 Å². The van der Waals surface area contributed by atoms with Crippen LogP contribution in [0.1, 0.15) is 32.6 Å². The van der Waals surface area contributed by atoms with Gasteiger partial charge in [0.1, 0.15) is 0 Å². The third-order valence-electron chi connectivity index (χ3n) is 1.80. The van der Waals surface area contributed by atoms with Crippen molar-refractivity contribution < 1.29 is 0 Å². The van der Waals surface area contributed by atoms with Crippen molar-refractivity contribution in [3.05, 3.63) is 11.1 Å². The lowest BCUT2D eigenvalue weighted by Crippen LogP contribution is -2.03. The molecule has 0 amide bonds. The minimum absolute atomic E-state index is 1.16. The molecule has 1 rings (SSSR count). The van der Waals surface area contributed by atoms with E-state index >= 15 is 0 Å². The molecular weight excluding hydrogens is 154 g/mol. The molecule has 0 aromatic rings. The molecule has 0 aliphatic carbocycles. The summed E-state index contributed by atoms with van der Waals surface area (Å²) in [5, 5.41) is 4.76. The predicted octanol–water partition coefficient (Wildman–Crippen LogP) is 2.74. The normalized spacial score (nSPS) is 20.6. The van der Waals surface area contributed by atoms with E-state index < -0.39 is 0 Å². The Bertz CT molecular complexity index is 124. The highest BCUT2D eigenvalue weighted by atomic mass is 32.2. The summed E-state index contributed by atoms with van der Waals surface area (Å²) in [7, 11) is 0. The first-order valence-corrected chi connectivity index (χ1v) is 5.49. The maximum atomic E-state index is 3.36. The van der Waals surface area contributed by atoms with Gasteiger partial charge in [0, 0.05) is 12.3 Å². The molecule has 1 aliphatic heterocycles. The maximum absolute atomic E-state index is 3.36. The molecule has 1 nitrogen and oxygen atoms in total. The van der Waals surface area contributed by atoms with Gasteiger partial charge in [0.25, 0.3) is 0 Å². The monoisotopic (exact) mass is 171 g/mol. The first-order chi connectivity index (χ1) is 5.43. The van der Waals surface area contributed by atoms with Gasteiger partial charge in [0.05, 0.1) is 5.03 Å². The number of rotatable bonds is 4. The average molecular weight is 171 g/mol. The summed E-state index contributed by atoms with van der Waals surface area (Å²) in [5.41, 5.74) is 0. The largest absolute Gasteiger partial charge is 0.379 e. The third kappa shape index (κ3) is 3.71. The van der Waals surface area contributed by atoms with Gasteiger partial charge in [-0.3, -0.25) is 0 Å². The van der Waals surface area contributed by atoms with Crippen LogP contribution in [0.2, 0.25) is 0 Å². The molecule has 1 heterocycles. The molecule has 0 bridgehead atoms. The van der Waals surface area contributed by atoms with E-state index in [1.54, 1.807) is 0 Å². The van der Waals surface area contributed by atoms with Crippen LogP contribution in [0.4, 0.5) is 0 Å². The first-order valence-electron chi connectivity index (χ1n) is 4.50. The van der Waals surface area contributed by atoms with Crippen LogP contribution in [0, 0.1) is 0 Å². The van der Waals surface area contributed by atoms with Gasteiger partial charge in [-0.25, -0.2) is 0 Å². The van der Waals surface area contributed by atoms with Gasteiger partial charge in [-0.2, -0.15) is 0 Å². The highest BCUT2D eigenvalue weighted by Crippen LogP contribution is 2.18. The zero-order valence-corrected chi connectivity index (χ0v) is 8.04. The Morgan fingerprint density at radius 3 is 3.09 bits per heavy atom. The number of hydrogen-bond donors (Lipinski definition) is 1. The number of nitrogens with one attached hydrogen (secondary N) is 1. The molecule has 1 N–H and O–H groups in total. The molecule has 0 atom stereocenters. The van der Waals surface area contributed by atoms with Gasteiger partial charge in [0.2, 0.25) is 0 Å². The van der Waals surface area contributed by atoms with Crippen molar-refractivity contribution in [2.75, 3.05) is 12.3 Å². The molecular formula is C9H17NS. The summed E-state index contributed by atoms with van der Waals surface area (Å²) < 4.78 is 0. The van der Waals surface area contributed by atoms with E-state index in [-0.39, 0.29) is 0 Å². The lowest BCUT2D eigenvalue weighted by molar-refractivity contribution is 0.726. The third-order valence-corrected chi connectivity index (χ3v) is 2.83. The highest BCUT2D eigenvalue weighted by Gasteiger charge is 2.03. The summed E-state index contributed by atoms with van der Waals surface area (Å²) >= 11 is 1.95. The highest BCUT2D eigenvalue weighted by molar-refractivity contribution is 8.03. The number of allylic oxidation sites excluding steroid dienone is 1. The molecule has 1 saturated heterocycles. The van der Waals surface area contributed by atoms with Crippen molar-refractivity contribution in [1.82, 2.24) is 5.32 Å². The van der Waals surface area contributed by atoms with Crippen LogP contribution < -0.4 is 5.32 Å². The zero-order chi connectivity index (χ0) is 7.94. The second-order valence-electron chi connectivity index (χ2n) is 2.84. The van der Waals surface area contributed by atoms with Gasteiger partial charge in [-0.15, -0.1) is 11.8 Å². The molecule has 0 aromatic carbocycles. The van der Waals surface area contributed by atoms with E-state index in [2.05, 4.69) is 18.3 Å². The summed E-state index contributed by atoms with van der Waals surface area (Å²) in [6.07, 6.45) is 7.64. The Kier molecular flexibility index (Phi) is 4.51. The van der Waals surface area contributed by atoms with Crippen molar-refractivity contribution in [3.63, 3.8) is 0 Å². The standard InChI is InChI=1S/C9H17NS/c1-2-3-4-5-6-9-10-7-8-11-9/h6,10H,2-5,7-8H2,1H3. The Labute approximate surface area is 73.6 Å². The fourth-order valence-electron chi connectivity index (χ4n) is 1.14. The van der Waals surface area contributed by atoms with Crippen LogP contribution in [-0.2, 0) is 0 Å². The fourth-order valence-corrected chi connectivity index (χ4v) is 2.01. The molecule has 0 saturated carbocycles. The van der Waals surface area contributed by atoms with Crippen LogP contribution >= 0.6 is 11.8 Å². The van der Waals surface area contributed by atoms with Crippen LogP contribution in [0.3, 0.4) is 0 Å². The number of hydrogen-bond acceptors (Lipinski definition) is 2. The first kappa shape index (κ1) is 8.98. The molecule has 0 spiro atoms. The van der Waals surface area contributed by atoms with E-state index in [0.29, 0.717) is 0 Å². The lowest BCUT2D eigenvalue weighted by atomic mass is 10.2. The predicted molar refractivity (Wildman–Crippen MR) is 52.7 cm³/mol. The second-order valence-corrected chi connectivity index (χ2v) is 3.98. The van der Waals surface area contributed by atoms with Gasteiger partial charge in [-0.05, 0) is 12.8 Å². The Morgan fingerprint density at radius 1 is 1.55 bits per heavy atom. The van der Waals surface area contributed by atoms with Gasteiger partial charge in [-0.1, -0.05) is 25.8 Å². The molecule has 1 aliphatic rings. The van der Waals surface area contributed by atoms with E-state index in [4.69, 9.17) is 0 Å². The van der Waals surface area contributed by atoms with Gasteiger partial charge < -0.3 is 5.32 Å². The Morgan fingerprint density at radius 2 is 2.45 bits per heavy atom. The SMILES string of the molecule is CCCCCC=C1NCCS1. The number of thioether (sulfide) groups is 1. The lowest BCUT2D eigenvalue weighted by Gasteiger charge is -1.96. The minimum Gasteiger partial charge on any atom is -0.379 e. The fraction of sp³-hybridized carbons (Fsp3) is 0.778. The molecule has 1 fully saturated rings. The summed E-state index contributed by atoms with van der Waals surface area (Å²) in [6.45, 7) is 3.40. The van der Waals surface area contributed by atoms with Crippen LogP contribution in [0.15, 0.2) is 11.1 Å². The average Bonchev–Trinajstić information content (AvgIpc) is 2.50. The van der Waals surface area contributed by atoms with Crippen LogP contribution in [0.5, 0.6) is 0 Å². The van der Waals surface area contributed by atoms with Crippen molar-refractivity contribution in [3.8, 4) is 0 Å². The Hall–Kier alpha value is -0.110. The van der Waals surface area contributed by atoms with E-state index in [0.717, 1.165) is 6.54 Å². The Balaban J connectivity index is 2.03. The molecule has 11 heavy (non-hydrogen) atoms. The second kappa shape index (κ2) is 5.53. The molecule has 64 valence electrons. The van der Waals surface area contributed by atoms with Crippen molar-refractivity contribution in [2.45, 2.75) is 32.6 Å². The quantitative estimate of drug-likeness (QED) is 0.653. The smallest absolute Gasteiger partial charge is 0.0641 e. The van der Waals surface area contributed by atoms with Gasteiger partial charge in [0.15, 0.2) is 0 Å². The summed E-state index contributed by atoms with van der Waals surface area (Å²) in [6, 6.07) is 0. The van der Waals surface area contributed by atoms with Crippen LogP contribution in [-0.4, -0.2) is 12.3 Å². The zero-order valence-electron chi connectivity index (χ0n) is 7.23. The number of unbranched alkanes of at least 4 members (excludes halogenated alkanes) is 3. The maximum Gasteiger partial charge on any atom is 0.0641 e. The topological polar surface area (TPSA) is 12.0 Å². The molecule has 0 aromatic heterocycles.